The average Bonchev–Trinajstić information content (AvgIpc) is 2.71. The number of aromatic nitrogens is 2. The van der Waals surface area contributed by atoms with Gasteiger partial charge in [-0.05, 0) is 36.4 Å². The second kappa shape index (κ2) is 7.57. The second-order valence-corrected chi connectivity index (χ2v) is 6.81. The normalized spacial score (nSPS) is 11.8. The summed E-state index contributed by atoms with van der Waals surface area (Å²) in [5, 5.41) is 4.21. The summed E-state index contributed by atoms with van der Waals surface area (Å²) in [6.07, 6.45) is -4.83. The maximum atomic E-state index is 14.2. The van der Waals surface area contributed by atoms with Crippen molar-refractivity contribution >= 4 is 10.9 Å². The van der Waals surface area contributed by atoms with Gasteiger partial charge in [-0.2, -0.15) is 18.3 Å². The van der Waals surface area contributed by atoms with Crippen molar-refractivity contribution in [2.24, 2.45) is 0 Å². The highest BCUT2D eigenvalue weighted by atomic mass is 19.4. The molecule has 0 aliphatic heterocycles. The first-order valence-corrected chi connectivity index (χ1v) is 8.95. The number of benzene rings is 3. The van der Waals surface area contributed by atoms with Crippen molar-refractivity contribution in [3.63, 3.8) is 0 Å². The predicted molar refractivity (Wildman–Crippen MR) is 102 cm³/mol. The topological polar surface area (TPSA) is 34.9 Å². The summed E-state index contributed by atoms with van der Waals surface area (Å²) in [6, 6.07) is 10.8. The van der Waals surface area contributed by atoms with Crippen molar-refractivity contribution in [1.82, 2.24) is 9.78 Å². The van der Waals surface area contributed by atoms with Gasteiger partial charge < -0.3 is 0 Å². The quantitative estimate of drug-likeness (QED) is 0.397. The lowest BCUT2D eigenvalue weighted by atomic mass is 10.0. The molecule has 4 rings (SSSR count). The van der Waals surface area contributed by atoms with Crippen molar-refractivity contribution in [3.8, 4) is 11.3 Å². The summed E-state index contributed by atoms with van der Waals surface area (Å²) in [6.45, 7) is -0.235. The van der Waals surface area contributed by atoms with Crippen LogP contribution in [0.25, 0.3) is 22.2 Å². The smallest absolute Gasteiger partial charge is 0.287 e. The molecule has 4 aromatic rings. The minimum absolute atomic E-state index is 0.0453. The summed E-state index contributed by atoms with van der Waals surface area (Å²) in [4.78, 5) is 12.9. The lowest BCUT2D eigenvalue weighted by molar-refractivity contribution is -0.137. The van der Waals surface area contributed by atoms with E-state index in [0.717, 1.165) is 12.1 Å². The molecule has 0 atom stereocenters. The second-order valence-electron chi connectivity index (χ2n) is 6.81. The zero-order valence-electron chi connectivity index (χ0n) is 15.6. The van der Waals surface area contributed by atoms with E-state index in [0.29, 0.717) is 18.2 Å². The minimum Gasteiger partial charge on any atom is -0.287 e. The van der Waals surface area contributed by atoms with Gasteiger partial charge in [0.2, 0.25) is 5.43 Å². The van der Waals surface area contributed by atoms with Gasteiger partial charge in [0.05, 0.1) is 17.6 Å². The zero-order chi connectivity index (χ0) is 22.3. The van der Waals surface area contributed by atoms with Crippen LogP contribution in [-0.2, 0) is 12.7 Å². The molecule has 0 radical (unpaired) electrons. The first-order valence-electron chi connectivity index (χ1n) is 8.95. The SMILES string of the molecule is O=c1c(-c2cc(F)cc(C(F)(F)F)c2)nn(Cc2ccc(F)cc2F)c2ccccc12. The Morgan fingerprint density at radius 3 is 2.32 bits per heavy atom. The molecule has 0 saturated heterocycles. The van der Waals surface area contributed by atoms with E-state index in [4.69, 9.17) is 0 Å². The van der Waals surface area contributed by atoms with E-state index < -0.39 is 40.3 Å². The summed E-state index contributed by atoms with van der Waals surface area (Å²) in [7, 11) is 0. The molecule has 1 heterocycles. The molecule has 9 heteroatoms. The highest BCUT2D eigenvalue weighted by Crippen LogP contribution is 2.32. The zero-order valence-corrected chi connectivity index (χ0v) is 15.6. The molecule has 0 spiro atoms. The van der Waals surface area contributed by atoms with Crippen molar-refractivity contribution in [3.05, 3.63) is 99.5 Å². The largest absolute Gasteiger partial charge is 0.416 e. The van der Waals surface area contributed by atoms with Crippen LogP contribution in [0.4, 0.5) is 26.3 Å². The number of fused-ring (bicyclic) bond motifs is 1. The maximum Gasteiger partial charge on any atom is 0.416 e. The first-order chi connectivity index (χ1) is 14.6. The molecule has 0 unspecified atom stereocenters. The predicted octanol–water partition coefficient (Wildman–Crippen LogP) is 5.55. The number of nitrogens with zero attached hydrogens (tertiary/aromatic N) is 2. The third-order valence-corrected chi connectivity index (χ3v) is 4.70. The highest BCUT2D eigenvalue weighted by molar-refractivity contribution is 5.82. The Bertz CT molecular complexity index is 1360. The lowest BCUT2D eigenvalue weighted by Crippen LogP contribution is -2.18. The molecule has 0 N–H and O–H groups in total. The van der Waals surface area contributed by atoms with Crippen LogP contribution in [0.15, 0.2) is 65.5 Å². The highest BCUT2D eigenvalue weighted by Gasteiger charge is 2.32. The van der Waals surface area contributed by atoms with E-state index in [1.54, 1.807) is 12.1 Å². The van der Waals surface area contributed by atoms with Gasteiger partial charge in [-0.1, -0.05) is 18.2 Å². The fraction of sp³-hybridized carbons (Fsp3) is 0.0909. The Morgan fingerprint density at radius 1 is 0.871 bits per heavy atom. The number of rotatable bonds is 3. The molecule has 3 aromatic carbocycles. The fourth-order valence-corrected chi connectivity index (χ4v) is 3.25. The van der Waals surface area contributed by atoms with Crippen molar-refractivity contribution < 1.29 is 26.3 Å². The Kier molecular flexibility index (Phi) is 5.04. The number of halogens is 6. The van der Waals surface area contributed by atoms with Gasteiger partial charge in [0.25, 0.3) is 0 Å². The van der Waals surface area contributed by atoms with Gasteiger partial charge in [0, 0.05) is 22.6 Å². The van der Waals surface area contributed by atoms with Crippen LogP contribution in [0.1, 0.15) is 11.1 Å². The van der Waals surface area contributed by atoms with Gasteiger partial charge in [0.1, 0.15) is 23.1 Å². The molecule has 0 amide bonds. The molecule has 1 aromatic heterocycles. The Morgan fingerprint density at radius 2 is 1.61 bits per heavy atom. The molecule has 31 heavy (non-hydrogen) atoms. The fourth-order valence-electron chi connectivity index (χ4n) is 3.25. The van der Waals surface area contributed by atoms with Crippen LogP contribution in [0.2, 0.25) is 0 Å². The Labute approximate surface area is 171 Å². The summed E-state index contributed by atoms with van der Waals surface area (Å²) >= 11 is 0. The van der Waals surface area contributed by atoms with E-state index in [1.807, 2.05) is 0 Å². The third-order valence-electron chi connectivity index (χ3n) is 4.70. The lowest BCUT2D eigenvalue weighted by Gasteiger charge is -2.14. The molecule has 0 aliphatic rings. The summed E-state index contributed by atoms with van der Waals surface area (Å²) < 4.78 is 81.8. The first kappa shape index (κ1) is 20.6. The standard InChI is InChI=1S/C22H12F6N2O/c23-15-6-5-12(18(25)10-15)11-30-19-4-2-1-3-17(19)21(31)20(29-30)13-7-14(22(26,27)28)9-16(24)8-13/h1-10H,11H2. The molecule has 0 aliphatic carbocycles. The van der Waals surface area contributed by atoms with Crippen LogP contribution in [0, 0.1) is 17.5 Å². The Hall–Kier alpha value is -3.62. The Balaban J connectivity index is 1.95. The molecule has 158 valence electrons. The third kappa shape index (κ3) is 4.03. The van der Waals surface area contributed by atoms with Crippen LogP contribution >= 0.6 is 0 Å². The van der Waals surface area contributed by atoms with E-state index in [-0.39, 0.29) is 28.6 Å². The number of alkyl halides is 3. The van der Waals surface area contributed by atoms with Gasteiger partial charge in [0.15, 0.2) is 0 Å². The van der Waals surface area contributed by atoms with Crippen molar-refractivity contribution in [2.45, 2.75) is 12.7 Å². The van der Waals surface area contributed by atoms with Gasteiger partial charge >= 0.3 is 6.18 Å². The van der Waals surface area contributed by atoms with E-state index in [9.17, 15) is 31.1 Å². The molecule has 0 saturated carbocycles. The molecular weight excluding hydrogens is 422 g/mol. The molecule has 0 fully saturated rings. The molecule has 0 bridgehead atoms. The number of para-hydroxylation sites is 1. The van der Waals surface area contributed by atoms with E-state index >= 15 is 0 Å². The van der Waals surface area contributed by atoms with Gasteiger partial charge in [-0.25, -0.2) is 13.2 Å². The van der Waals surface area contributed by atoms with Crippen LogP contribution in [0.3, 0.4) is 0 Å². The average molecular weight is 434 g/mol. The van der Waals surface area contributed by atoms with Crippen molar-refractivity contribution in [2.75, 3.05) is 0 Å². The molecular formula is C22H12F6N2O. The monoisotopic (exact) mass is 434 g/mol. The van der Waals surface area contributed by atoms with Gasteiger partial charge in [-0.3, -0.25) is 9.48 Å². The summed E-state index contributed by atoms with van der Waals surface area (Å²) in [5.41, 5.74) is -2.43. The number of hydrogen-bond acceptors (Lipinski definition) is 2. The minimum atomic E-state index is -4.83. The molecule has 3 nitrogen and oxygen atoms in total. The van der Waals surface area contributed by atoms with Crippen LogP contribution in [-0.4, -0.2) is 9.78 Å². The van der Waals surface area contributed by atoms with Gasteiger partial charge in [-0.15, -0.1) is 0 Å². The number of hydrogen-bond donors (Lipinski definition) is 0. The summed E-state index contributed by atoms with van der Waals surface area (Å²) in [5.74, 6) is -2.81. The van der Waals surface area contributed by atoms with E-state index in [1.165, 1.54) is 22.9 Å². The van der Waals surface area contributed by atoms with Crippen molar-refractivity contribution in [1.29, 1.82) is 0 Å². The maximum absolute atomic E-state index is 14.2. The van der Waals surface area contributed by atoms with E-state index in [2.05, 4.69) is 5.10 Å². The van der Waals surface area contributed by atoms with Crippen LogP contribution in [0.5, 0.6) is 0 Å². The van der Waals surface area contributed by atoms with Crippen LogP contribution < -0.4 is 5.43 Å².